The first kappa shape index (κ1) is 16.9. The first-order valence-electron chi connectivity index (χ1n) is 7.70. The number of carbonyl (C=O) groups excluding carboxylic acids is 1. The standard InChI is InChI=1S/C19H22O4/c1-4-21-19(20)15(3)23-18-12-17(11-10-14(18)2)22-13-16-8-6-5-7-9-16/h5-12,15H,4,13H2,1-3H3/t15-/m1/s1. The first-order chi connectivity index (χ1) is 11.1. The van der Waals surface area contributed by atoms with Gasteiger partial charge in [-0.1, -0.05) is 36.4 Å². The Balaban J connectivity index is 2.02. The summed E-state index contributed by atoms with van der Waals surface area (Å²) in [6, 6.07) is 15.5. The Morgan fingerprint density at radius 2 is 1.87 bits per heavy atom. The molecule has 0 aromatic heterocycles. The maximum Gasteiger partial charge on any atom is 0.347 e. The molecule has 0 amide bonds. The van der Waals surface area contributed by atoms with E-state index >= 15 is 0 Å². The number of ether oxygens (including phenoxy) is 3. The van der Waals surface area contributed by atoms with Gasteiger partial charge in [0.25, 0.3) is 0 Å². The van der Waals surface area contributed by atoms with E-state index in [1.165, 1.54) is 0 Å². The van der Waals surface area contributed by atoms with Crippen LogP contribution in [0.2, 0.25) is 0 Å². The Hall–Kier alpha value is -2.49. The van der Waals surface area contributed by atoms with Crippen molar-refractivity contribution in [2.24, 2.45) is 0 Å². The molecule has 0 spiro atoms. The van der Waals surface area contributed by atoms with Crippen LogP contribution in [0.5, 0.6) is 11.5 Å². The summed E-state index contributed by atoms with van der Waals surface area (Å²) >= 11 is 0. The number of hydrogen-bond acceptors (Lipinski definition) is 4. The summed E-state index contributed by atoms with van der Waals surface area (Å²) in [6.45, 7) is 6.19. The summed E-state index contributed by atoms with van der Waals surface area (Å²) < 4.78 is 16.4. The molecule has 0 aliphatic heterocycles. The lowest BCUT2D eigenvalue weighted by molar-refractivity contribution is -0.150. The Morgan fingerprint density at radius 3 is 2.57 bits per heavy atom. The van der Waals surface area contributed by atoms with E-state index in [9.17, 15) is 4.79 Å². The van der Waals surface area contributed by atoms with E-state index in [1.807, 2.05) is 49.4 Å². The Labute approximate surface area is 137 Å². The van der Waals surface area contributed by atoms with Crippen molar-refractivity contribution < 1.29 is 19.0 Å². The fraction of sp³-hybridized carbons (Fsp3) is 0.316. The van der Waals surface area contributed by atoms with Crippen LogP contribution in [-0.4, -0.2) is 18.7 Å². The van der Waals surface area contributed by atoms with Crippen molar-refractivity contribution in [3.05, 3.63) is 59.7 Å². The lowest BCUT2D eigenvalue weighted by Gasteiger charge is -2.16. The van der Waals surface area contributed by atoms with Gasteiger partial charge in [0.15, 0.2) is 6.10 Å². The predicted molar refractivity (Wildman–Crippen MR) is 88.7 cm³/mol. The van der Waals surface area contributed by atoms with E-state index in [0.29, 0.717) is 24.7 Å². The second-order valence-corrected chi connectivity index (χ2v) is 5.21. The molecule has 122 valence electrons. The van der Waals surface area contributed by atoms with Gasteiger partial charge in [-0.3, -0.25) is 0 Å². The average molecular weight is 314 g/mol. The van der Waals surface area contributed by atoms with E-state index < -0.39 is 6.10 Å². The molecule has 4 nitrogen and oxygen atoms in total. The lowest BCUT2D eigenvalue weighted by atomic mass is 10.2. The number of hydrogen-bond donors (Lipinski definition) is 0. The molecule has 0 radical (unpaired) electrons. The molecule has 0 bridgehead atoms. The van der Waals surface area contributed by atoms with Gasteiger partial charge in [0, 0.05) is 6.07 Å². The van der Waals surface area contributed by atoms with Gasteiger partial charge in [0.2, 0.25) is 0 Å². The molecule has 1 atom stereocenters. The van der Waals surface area contributed by atoms with Crippen molar-refractivity contribution in [2.75, 3.05) is 6.61 Å². The van der Waals surface area contributed by atoms with Crippen molar-refractivity contribution in [1.82, 2.24) is 0 Å². The smallest absolute Gasteiger partial charge is 0.347 e. The molecular weight excluding hydrogens is 292 g/mol. The highest BCUT2D eigenvalue weighted by atomic mass is 16.6. The molecule has 0 aliphatic rings. The minimum atomic E-state index is -0.655. The first-order valence-corrected chi connectivity index (χ1v) is 7.70. The van der Waals surface area contributed by atoms with Gasteiger partial charge in [0.05, 0.1) is 6.61 Å². The number of carbonyl (C=O) groups is 1. The van der Waals surface area contributed by atoms with Gasteiger partial charge >= 0.3 is 5.97 Å². The summed E-state index contributed by atoms with van der Waals surface area (Å²) in [4.78, 5) is 11.7. The lowest BCUT2D eigenvalue weighted by Crippen LogP contribution is -2.26. The van der Waals surface area contributed by atoms with Gasteiger partial charge in [-0.05, 0) is 38.0 Å². The highest BCUT2D eigenvalue weighted by Gasteiger charge is 2.17. The third-order valence-electron chi connectivity index (χ3n) is 3.33. The molecule has 2 aromatic rings. The number of aryl methyl sites for hydroxylation is 1. The average Bonchev–Trinajstić information content (AvgIpc) is 2.56. The molecule has 0 saturated carbocycles. The topological polar surface area (TPSA) is 44.8 Å². The van der Waals surface area contributed by atoms with Gasteiger partial charge < -0.3 is 14.2 Å². The summed E-state index contributed by atoms with van der Waals surface area (Å²) in [7, 11) is 0. The molecule has 0 fully saturated rings. The fourth-order valence-electron chi connectivity index (χ4n) is 2.04. The molecule has 23 heavy (non-hydrogen) atoms. The summed E-state index contributed by atoms with van der Waals surface area (Å²) in [5.41, 5.74) is 2.03. The van der Waals surface area contributed by atoms with Crippen LogP contribution in [-0.2, 0) is 16.1 Å². The molecule has 4 heteroatoms. The predicted octanol–water partition coefficient (Wildman–Crippen LogP) is 3.90. The van der Waals surface area contributed by atoms with Crippen LogP contribution in [0.4, 0.5) is 0 Å². The molecule has 0 heterocycles. The third kappa shape index (κ3) is 5.02. The van der Waals surface area contributed by atoms with E-state index in [1.54, 1.807) is 19.9 Å². The molecule has 0 aliphatic carbocycles. The van der Waals surface area contributed by atoms with E-state index in [0.717, 1.165) is 11.1 Å². The normalized spacial score (nSPS) is 11.6. The monoisotopic (exact) mass is 314 g/mol. The zero-order chi connectivity index (χ0) is 16.7. The van der Waals surface area contributed by atoms with Crippen molar-refractivity contribution >= 4 is 5.97 Å². The van der Waals surface area contributed by atoms with Crippen molar-refractivity contribution in [1.29, 1.82) is 0 Å². The number of benzene rings is 2. The van der Waals surface area contributed by atoms with Crippen LogP contribution < -0.4 is 9.47 Å². The van der Waals surface area contributed by atoms with Gasteiger partial charge in [-0.2, -0.15) is 0 Å². The molecular formula is C19H22O4. The maximum atomic E-state index is 11.7. The summed E-state index contributed by atoms with van der Waals surface area (Å²) in [6.07, 6.45) is -0.655. The highest BCUT2D eigenvalue weighted by Crippen LogP contribution is 2.26. The largest absolute Gasteiger partial charge is 0.489 e. The van der Waals surface area contributed by atoms with Crippen LogP contribution >= 0.6 is 0 Å². The molecule has 0 unspecified atom stereocenters. The van der Waals surface area contributed by atoms with Gasteiger partial charge in [0.1, 0.15) is 18.1 Å². The van der Waals surface area contributed by atoms with E-state index in [4.69, 9.17) is 14.2 Å². The van der Waals surface area contributed by atoms with Gasteiger partial charge in [-0.15, -0.1) is 0 Å². The Morgan fingerprint density at radius 1 is 1.13 bits per heavy atom. The fourth-order valence-corrected chi connectivity index (χ4v) is 2.04. The van der Waals surface area contributed by atoms with Crippen LogP contribution in [0.25, 0.3) is 0 Å². The number of rotatable bonds is 7. The van der Waals surface area contributed by atoms with Gasteiger partial charge in [-0.25, -0.2) is 4.79 Å². The van der Waals surface area contributed by atoms with Crippen LogP contribution in [0.3, 0.4) is 0 Å². The van der Waals surface area contributed by atoms with Crippen molar-refractivity contribution in [2.45, 2.75) is 33.5 Å². The summed E-state index contributed by atoms with van der Waals surface area (Å²) in [5.74, 6) is 0.948. The maximum absolute atomic E-state index is 11.7. The highest BCUT2D eigenvalue weighted by molar-refractivity contribution is 5.74. The second-order valence-electron chi connectivity index (χ2n) is 5.21. The molecule has 2 rings (SSSR count). The zero-order valence-corrected chi connectivity index (χ0v) is 13.7. The minimum Gasteiger partial charge on any atom is -0.489 e. The summed E-state index contributed by atoms with van der Waals surface area (Å²) in [5, 5.41) is 0. The van der Waals surface area contributed by atoms with Crippen molar-refractivity contribution in [3.63, 3.8) is 0 Å². The van der Waals surface area contributed by atoms with Crippen LogP contribution in [0.1, 0.15) is 25.0 Å². The minimum absolute atomic E-state index is 0.339. The van der Waals surface area contributed by atoms with Crippen LogP contribution in [0.15, 0.2) is 48.5 Å². The quantitative estimate of drug-likeness (QED) is 0.727. The zero-order valence-electron chi connectivity index (χ0n) is 13.7. The third-order valence-corrected chi connectivity index (χ3v) is 3.33. The van der Waals surface area contributed by atoms with E-state index in [2.05, 4.69) is 0 Å². The Bertz CT molecular complexity index is 637. The molecule has 2 aromatic carbocycles. The second kappa shape index (κ2) is 8.22. The van der Waals surface area contributed by atoms with E-state index in [-0.39, 0.29) is 5.97 Å². The molecule has 0 saturated heterocycles. The molecule has 0 N–H and O–H groups in total. The van der Waals surface area contributed by atoms with Crippen molar-refractivity contribution in [3.8, 4) is 11.5 Å². The van der Waals surface area contributed by atoms with Crippen LogP contribution in [0, 0.1) is 6.92 Å². The SMILES string of the molecule is CCOC(=O)[C@@H](C)Oc1cc(OCc2ccccc2)ccc1C. The number of esters is 1. The Kier molecular flexibility index (Phi) is 6.03.